The van der Waals surface area contributed by atoms with Crippen molar-refractivity contribution in [3.8, 4) is 11.5 Å². The third kappa shape index (κ3) is 4.48. The summed E-state index contributed by atoms with van der Waals surface area (Å²) in [5.74, 6) is 0.695. The van der Waals surface area contributed by atoms with Crippen LogP contribution in [-0.2, 0) is 32.6 Å². The lowest BCUT2D eigenvalue weighted by molar-refractivity contribution is -0.126. The maximum Gasteiger partial charge on any atom is 0.243 e. The zero-order valence-electron chi connectivity index (χ0n) is 19.8. The van der Waals surface area contributed by atoms with Crippen LogP contribution < -0.4 is 19.7 Å². The van der Waals surface area contributed by atoms with E-state index in [-0.39, 0.29) is 36.1 Å². The van der Waals surface area contributed by atoms with Crippen molar-refractivity contribution in [3.05, 3.63) is 47.5 Å². The molecule has 2 atom stereocenters. The van der Waals surface area contributed by atoms with Crippen LogP contribution in [0.3, 0.4) is 0 Å². The molecule has 1 N–H and O–H groups in total. The maximum atomic E-state index is 13.4. The predicted octanol–water partition coefficient (Wildman–Crippen LogP) is 2.43. The van der Waals surface area contributed by atoms with Gasteiger partial charge in [-0.25, -0.2) is 8.42 Å². The third-order valence-corrected chi connectivity index (χ3v) is 8.76. The van der Waals surface area contributed by atoms with E-state index in [1.807, 2.05) is 25.1 Å². The smallest absolute Gasteiger partial charge is 0.243 e. The Bertz CT molecular complexity index is 1280. The molecule has 0 saturated carbocycles. The number of anilines is 1. The predicted molar refractivity (Wildman–Crippen MR) is 129 cm³/mol. The van der Waals surface area contributed by atoms with Gasteiger partial charge in [0.2, 0.25) is 28.6 Å². The van der Waals surface area contributed by atoms with Gasteiger partial charge in [-0.05, 0) is 67.6 Å². The molecule has 3 heterocycles. The number of carbonyl (C=O) groups excluding carboxylic acids is 2. The van der Waals surface area contributed by atoms with Crippen molar-refractivity contribution in [2.45, 2.75) is 50.6 Å². The van der Waals surface area contributed by atoms with E-state index in [4.69, 9.17) is 9.47 Å². The standard InChI is InChI=1S/C25H29N3O6S/c1-16-10-20-12-21(6-7-22(20)28(16)17(2)29)35(31,32)27-9-3-4-19(14-27)25(30)26-13-18-5-8-23-24(11-18)34-15-33-23/h5-8,11-12,16,19H,3-4,9-10,13-15H2,1-2H3,(H,26,30)/t16-,19-/m1/s1. The van der Waals surface area contributed by atoms with Gasteiger partial charge in [-0.2, -0.15) is 4.31 Å². The van der Waals surface area contributed by atoms with Crippen molar-refractivity contribution in [3.63, 3.8) is 0 Å². The van der Waals surface area contributed by atoms with Crippen molar-refractivity contribution < 1.29 is 27.5 Å². The lowest BCUT2D eigenvalue weighted by Crippen LogP contribution is -2.45. The number of ether oxygens (including phenoxy) is 2. The Labute approximate surface area is 205 Å². The molecule has 35 heavy (non-hydrogen) atoms. The average molecular weight is 500 g/mol. The summed E-state index contributed by atoms with van der Waals surface area (Å²) in [6.45, 7) is 4.50. The summed E-state index contributed by atoms with van der Waals surface area (Å²) in [6.07, 6.45) is 1.86. The molecule has 0 aromatic heterocycles. The summed E-state index contributed by atoms with van der Waals surface area (Å²) in [7, 11) is -3.76. The second kappa shape index (κ2) is 9.16. The molecule has 3 aliphatic heterocycles. The van der Waals surface area contributed by atoms with Gasteiger partial charge in [0.15, 0.2) is 11.5 Å². The minimum absolute atomic E-state index is 0.00622. The third-order valence-electron chi connectivity index (χ3n) is 6.90. The molecule has 2 amide bonds. The summed E-state index contributed by atoms with van der Waals surface area (Å²) in [4.78, 5) is 26.8. The number of piperidine rings is 1. The number of amides is 2. The maximum absolute atomic E-state index is 13.4. The normalized spacial score (nSPS) is 21.6. The SMILES string of the molecule is CC(=O)N1c2ccc(S(=O)(=O)N3CCC[C@@H](C(=O)NCc4ccc5c(c4)OCO5)C3)cc2C[C@H]1C. The molecule has 1 saturated heterocycles. The zero-order valence-corrected chi connectivity index (χ0v) is 20.6. The second-order valence-corrected chi connectivity index (χ2v) is 11.3. The van der Waals surface area contributed by atoms with Gasteiger partial charge in [-0.1, -0.05) is 6.07 Å². The topological polar surface area (TPSA) is 105 Å². The molecule has 0 radical (unpaired) electrons. The van der Waals surface area contributed by atoms with Gasteiger partial charge in [-0.3, -0.25) is 9.59 Å². The van der Waals surface area contributed by atoms with E-state index in [1.54, 1.807) is 23.1 Å². The Hall–Kier alpha value is -3.11. The van der Waals surface area contributed by atoms with Crippen LogP contribution in [0.2, 0.25) is 0 Å². The molecular formula is C25H29N3O6S. The molecule has 2 aromatic carbocycles. The summed E-state index contributed by atoms with van der Waals surface area (Å²) < 4.78 is 39.0. The van der Waals surface area contributed by atoms with Crippen LogP contribution in [0.1, 0.15) is 37.8 Å². The minimum atomic E-state index is -3.76. The molecule has 2 aromatic rings. The van der Waals surface area contributed by atoms with Crippen LogP contribution in [0.4, 0.5) is 5.69 Å². The fourth-order valence-electron chi connectivity index (χ4n) is 5.16. The quantitative estimate of drug-likeness (QED) is 0.678. The number of fused-ring (bicyclic) bond motifs is 2. The molecular weight excluding hydrogens is 470 g/mol. The highest BCUT2D eigenvalue weighted by Crippen LogP contribution is 2.35. The largest absolute Gasteiger partial charge is 0.454 e. The number of nitrogens with one attached hydrogen (secondary N) is 1. The fraction of sp³-hybridized carbons (Fsp3) is 0.440. The zero-order chi connectivity index (χ0) is 24.7. The first kappa shape index (κ1) is 23.6. The Kier molecular flexibility index (Phi) is 6.18. The van der Waals surface area contributed by atoms with Crippen LogP contribution in [0.5, 0.6) is 11.5 Å². The summed E-state index contributed by atoms with van der Waals surface area (Å²) in [5, 5.41) is 2.93. The van der Waals surface area contributed by atoms with Crippen LogP contribution in [0, 0.1) is 5.92 Å². The van der Waals surface area contributed by atoms with E-state index in [0.717, 1.165) is 16.8 Å². The molecule has 10 heteroatoms. The molecule has 1 fully saturated rings. The number of rotatable bonds is 5. The number of carbonyl (C=O) groups is 2. The van der Waals surface area contributed by atoms with Crippen molar-refractivity contribution in [2.75, 3.05) is 24.8 Å². The van der Waals surface area contributed by atoms with Crippen molar-refractivity contribution >= 4 is 27.5 Å². The molecule has 9 nitrogen and oxygen atoms in total. The monoisotopic (exact) mass is 499 g/mol. The first-order valence-corrected chi connectivity index (χ1v) is 13.3. The number of nitrogens with zero attached hydrogens (tertiary/aromatic N) is 2. The first-order chi connectivity index (χ1) is 16.7. The number of hydrogen-bond donors (Lipinski definition) is 1. The Balaban J connectivity index is 1.25. The van der Waals surface area contributed by atoms with Crippen LogP contribution >= 0.6 is 0 Å². The molecule has 3 aliphatic rings. The van der Waals surface area contributed by atoms with E-state index in [2.05, 4.69) is 5.32 Å². The van der Waals surface area contributed by atoms with Crippen LogP contribution in [0.15, 0.2) is 41.3 Å². The Morgan fingerprint density at radius 3 is 2.71 bits per heavy atom. The van der Waals surface area contributed by atoms with Crippen molar-refractivity contribution in [1.29, 1.82) is 0 Å². The van der Waals surface area contributed by atoms with Gasteiger partial charge < -0.3 is 19.7 Å². The Morgan fingerprint density at radius 1 is 1.11 bits per heavy atom. The lowest BCUT2D eigenvalue weighted by atomic mass is 9.98. The van der Waals surface area contributed by atoms with Gasteiger partial charge in [0.05, 0.1) is 10.8 Å². The van der Waals surface area contributed by atoms with Gasteiger partial charge >= 0.3 is 0 Å². The highest BCUT2D eigenvalue weighted by molar-refractivity contribution is 7.89. The molecule has 0 aliphatic carbocycles. The van der Waals surface area contributed by atoms with E-state index in [0.29, 0.717) is 43.9 Å². The molecule has 0 spiro atoms. The highest BCUT2D eigenvalue weighted by atomic mass is 32.2. The van der Waals surface area contributed by atoms with Crippen molar-refractivity contribution in [1.82, 2.24) is 9.62 Å². The first-order valence-electron chi connectivity index (χ1n) is 11.8. The van der Waals surface area contributed by atoms with Crippen LogP contribution in [0.25, 0.3) is 0 Å². The average Bonchev–Trinajstić information content (AvgIpc) is 3.44. The van der Waals surface area contributed by atoms with E-state index in [9.17, 15) is 18.0 Å². The number of benzene rings is 2. The number of sulfonamides is 1. The summed E-state index contributed by atoms with van der Waals surface area (Å²) >= 11 is 0. The van der Waals surface area contributed by atoms with Crippen molar-refractivity contribution in [2.24, 2.45) is 5.92 Å². The van der Waals surface area contributed by atoms with Gasteiger partial charge in [0, 0.05) is 38.3 Å². The minimum Gasteiger partial charge on any atom is -0.454 e. The summed E-state index contributed by atoms with van der Waals surface area (Å²) in [6, 6.07) is 10.5. The van der Waals surface area contributed by atoms with E-state index >= 15 is 0 Å². The van der Waals surface area contributed by atoms with Gasteiger partial charge in [-0.15, -0.1) is 0 Å². The molecule has 186 valence electrons. The fourth-order valence-corrected chi connectivity index (χ4v) is 6.73. The molecule has 5 rings (SSSR count). The number of hydrogen-bond acceptors (Lipinski definition) is 6. The lowest BCUT2D eigenvalue weighted by Gasteiger charge is -2.31. The Morgan fingerprint density at radius 2 is 1.91 bits per heavy atom. The molecule has 0 unspecified atom stereocenters. The van der Waals surface area contributed by atoms with Gasteiger partial charge in [0.25, 0.3) is 0 Å². The van der Waals surface area contributed by atoms with E-state index in [1.165, 1.54) is 11.2 Å². The van der Waals surface area contributed by atoms with E-state index < -0.39 is 15.9 Å². The summed E-state index contributed by atoms with van der Waals surface area (Å²) in [5.41, 5.74) is 2.50. The highest BCUT2D eigenvalue weighted by Gasteiger charge is 2.35. The molecule has 0 bridgehead atoms. The second-order valence-electron chi connectivity index (χ2n) is 9.34. The van der Waals surface area contributed by atoms with Gasteiger partial charge in [0.1, 0.15) is 0 Å². The van der Waals surface area contributed by atoms with Crippen LogP contribution in [-0.4, -0.2) is 50.5 Å².